The molecule has 1 aromatic heterocycles. The molecular weight excluding hydrogens is 306 g/mol. The number of piperidine rings is 1. The SMILES string of the molecule is C[C@H]1C[C@@]2(CCN1)OCC1(SCCCS1)c1ccsc12. The molecule has 0 amide bonds. The van der Waals surface area contributed by atoms with Gasteiger partial charge >= 0.3 is 0 Å². The average Bonchev–Trinajstić information content (AvgIpc) is 2.97. The Morgan fingerprint density at radius 2 is 2.20 bits per heavy atom. The molecule has 110 valence electrons. The van der Waals surface area contributed by atoms with Crippen molar-refractivity contribution in [2.75, 3.05) is 24.7 Å². The summed E-state index contributed by atoms with van der Waals surface area (Å²) < 4.78 is 6.77. The van der Waals surface area contributed by atoms with Gasteiger partial charge < -0.3 is 10.1 Å². The first-order chi connectivity index (χ1) is 9.74. The van der Waals surface area contributed by atoms with Crippen LogP contribution in [0, 0.1) is 0 Å². The van der Waals surface area contributed by atoms with E-state index in [1.165, 1.54) is 22.8 Å². The molecule has 0 radical (unpaired) electrons. The minimum absolute atomic E-state index is 0.00200. The van der Waals surface area contributed by atoms with E-state index in [1.807, 2.05) is 11.3 Å². The van der Waals surface area contributed by atoms with Crippen molar-refractivity contribution < 1.29 is 4.74 Å². The molecule has 0 aliphatic carbocycles. The molecule has 2 saturated heterocycles. The number of nitrogens with one attached hydrogen (secondary N) is 1. The van der Waals surface area contributed by atoms with Crippen LogP contribution in [-0.4, -0.2) is 30.7 Å². The molecule has 4 rings (SSSR count). The molecule has 0 aromatic carbocycles. The second-order valence-electron chi connectivity index (χ2n) is 6.06. The number of rotatable bonds is 0. The van der Waals surface area contributed by atoms with Gasteiger partial charge in [0.15, 0.2) is 0 Å². The van der Waals surface area contributed by atoms with Crippen molar-refractivity contribution in [2.45, 2.75) is 41.9 Å². The lowest BCUT2D eigenvalue weighted by atomic mass is 9.83. The maximum atomic E-state index is 6.58. The first-order valence-corrected chi connectivity index (χ1v) is 10.3. The maximum Gasteiger partial charge on any atom is 0.111 e. The third-order valence-corrected chi connectivity index (χ3v) is 9.05. The number of hydrogen-bond acceptors (Lipinski definition) is 5. The molecular formula is C15H21NOS3. The quantitative estimate of drug-likeness (QED) is 0.783. The third-order valence-electron chi connectivity index (χ3n) is 4.64. The molecule has 5 heteroatoms. The van der Waals surface area contributed by atoms with Crippen LogP contribution in [0.2, 0.25) is 0 Å². The monoisotopic (exact) mass is 327 g/mol. The Morgan fingerprint density at radius 3 is 3.00 bits per heavy atom. The van der Waals surface area contributed by atoms with E-state index in [4.69, 9.17) is 4.74 Å². The van der Waals surface area contributed by atoms with Gasteiger partial charge in [-0.25, -0.2) is 0 Å². The van der Waals surface area contributed by atoms with Crippen molar-refractivity contribution in [1.29, 1.82) is 0 Å². The summed E-state index contributed by atoms with van der Waals surface area (Å²) in [6.07, 6.45) is 3.57. The van der Waals surface area contributed by atoms with Gasteiger partial charge in [-0.05, 0) is 61.2 Å². The summed E-state index contributed by atoms with van der Waals surface area (Å²) >= 11 is 6.14. The molecule has 3 aliphatic heterocycles. The van der Waals surface area contributed by atoms with Crippen LogP contribution >= 0.6 is 34.9 Å². The predicted molar refractivity (Wildman–Crippen MR) is 89.9 cm³/mol. The molecule has 0 saturated carbocycles. The minimum atomic E-state index is -0.00200. The Kier molecular flexibility index (Phi) is 3.62. The highest BCUT2D eigenvalue weighted by Gasteiger charge is 2.51. The summed E-state index contributed by atoms with van der Waals surface area (Å²) in [4.78, 5) is 1.53. The van der Waals surface area contributed by atoms with Crippen LogP contribution in [0.5, 0.6) is 0 Å². The van der Waals surface area contributed by atoms with Gasteiger partial charge in [0.05, 0.1) is 6.61 Å². The fourth-order valence-electron chi connectivity index (χ4n) is 3.68. The van der Waals surface area contributed by atoms with E-state index in [2.05, 4.69) is 47.2 Å². The van der Waals surface area contributed by atoms with Gasteiger partial charge in [0.25, 0.3) is 0 Å². The van der Waals surface area contributed by atoms with Gasteiger partial charge in [0, 0.05) is 10.9 Å². The van der Waals surface area contributed by atoms with Crippen molar-refractivity contribution in [1.82, 2.24) is 5.32 Å². The zero-order chi connectivity index (χ0) is 13.6. The van der Waals surface area contributed by atoms with Crippen LogP contribution < -0.4 is 5.32 Å². The Bertz CT molecular complexity index is 497. The van der Waals surface area contributed by atoms with Crippen molar-refractivity contribution in [3.05, 3.63) is 21.9 Å². The van der Waals surface area contributed by atoms with E-state index >= 15 is 0 Å². The van der Waals surface area contributed by atoms with Gasteiger partial charge in [0.2, 0.25) is 0 Å². The van der Waals surface area contributed by atoms with Gasteiger partial charge in [-0.3, -0.25) is 0 Å². The first-order valence-electron chi connectivity index (χ1n) is 7.48. The second-order valence-corrected chi connectivity index (χ2v) is 10.0. The predicted octanol–water partition coefficient (Wildman–Crippen LogP) is 3.77. The Balaban J connectivity index is 1.74. The number of thiophene rings is 1. The van der Waals surface area contributed by atoms with E-state index in [0.717, 1.165) is 26.0 Å². The van der Waals surface area contributed by atoms with E-state index in [1.54, 1.807) is 5.56 Å². The van der Waals surface area contributed by atoms with Crippen LogP contribution in [0.3, 0.4) is 0 Å². The molecule has 2 nitrogen and oxygen atoms in total. The third kappa shape index (κ3) is 2.09. The van der Waals surface area contributed by atoms with Crippen LogP contribution in [0.4, 0.5) is 0 Å². The molecule has 1 N–H and O–H groups in total. The normalized spacial score (nSPS) is 36.1. The van der Waals surface area contributed by atoms with Crippen molar-refractivity contribution in [3.63, 3.8) is 0 Å². The summed E-state index contributed by atoms with van der Waals surface area (Å²) in [6.45, 7) is 4.25. The topological polar surface area (TPSA) is 21.3 Å². The first kappa shape index (κ1) is 13.9. The second kappa shape index (κ2) is 5.20. The number of ether oxygens (including phenoxy) is 1. The van der Waals surface area contributed by atoms with Crippen LogP contribution in [0.1, 0.15) is 36.6 Å². The van der Waals surface area contributed by atoms with Gasteiger partial charge in [-0.2, -0.15) is 0 Å². The smallest absolute Gasteiger partial charge is 0.111 e. The summed E-state index contributed by atoms with van der Waals surface area (Å²) in [7, 11) is 0. The highest BCUT2D eigenvalue weighted by molar-refractivity contribution is 8.18. The van der Waals surface area contributed by atoms with Gasteiger partial charge in [0.1, 0.15) is 9.68 Å². The summed E-state index contributed by atoms with van der Waals surface area (Å²) in [5.41, 5.74) is 1.58. The Morgan fingerprint density at radius 1 is 1.35 bits per heavy atom. The van der Waals surface area contributed by atoms with Crippen LogP contribution in [0.25, 0.3) is 0 Å². The largest absolute Gasteiger partial charge is 0.367 e. The Hall–Kier alpha value is 0.320. The van der Waals surface area contributed by atoms with Crippen molar-refractivity contribution in [2.24, 2.45) is 0 Å². The van der Waals surface area contributed by atoms with Crippen LogP contribution in [0.15, 0.2) is 11.4 Å². The van der Waals surface area contributed by atoms with Gasteiger partial charge in [-0.15, -0.1) is 34.9 Å². The average molecular weight is 328 g/mol. The molecule has 2 fully saturated rings. The van der Waals surface area contributed by atoms with E-state index in [-0.39, 0.29) is 9.68 Å². The number of hydrogen-bond donors (Lipinski definition) is 1. The molecule has 1 aromatic rings. The summed E-state index contributed by atoms with van der Waals surface area (Å²) in [5.74, 6) is 2.55. The highest BCUT2D eigenvalue weighted by atomic mass is 32.2. The molecule has 2 atom stereocenters. The molecule has 0 unspecified atom stereocenters. The van der Waals surface area contributed by atoms with Gasteiger partial charge in [-0.1, -0.05) is 0 Å². The molecule has 3 aliphatic rings. The summed E-state index contributed by atoms with van der Waals surface area (Å²) in [5, 5.41) is 5.84. The van der Waals surface area contributed by atoms with E-state index in [0.29, 0.717) is 6.04 Å². The zero-order valence-corrected chi connectivity index (χ0v) is 14.3. The van der Waals surface area contributed by atoms with Crippen molar-refractivity contribution in [3.8, 4) is 0 Å². The maximum absolute atomic E-state index is 6.58. The van der Waals surface area contributed by atoms with E-state index < -0.39 is 0 Å². The zero-order valence-electron chi connectivity index (χ0n) is 11.8. The molecule has 2 spiro atoms. The molecule has 4 heterocycles. The fourth-order valence-corrected chi connectivity index (χ4v) is 8.16. The lowest BCUT2D eigenvalue weighted by Gasteiger charge is -2.49. The summed E-state index contributed by atoms with van der Waals surface area (Å²) in [6, 6.07) is 2.93. The molecule has 20 heavy (non-hydrogen) atoms. The van der Waals surface area contributed by atoms with E-state index in [9.17, 15) is 0 Å². The lowest BCUT2D eigenvalue weighted by Crippen LogP contribution is -2.51. The molecule has 0 bridgehead atoms. The number of fused-ring (bicyclic) bond motifs is 3. The highest BCUT2D eigenvalue weighted by Crippen LogP contribution is 2.59. The minimum Gasteiger partial charge on any atom is -0.367 e. The number of thioether (sulfide) groups is 2. The van der Waals surface area contributed by atoms with Crippen LogP contribution in [-0.2, 0) is 14.4 Å². The lowest BCUT2D eigenvalue weighted by molar-refractivity contribution is -0.0890. The van der Waals surface area contributed by atoms with Crippen molar-refractivity contribution >= 4 is 34.9 Å². The standard InChI is InChI=1S/C15H21NOS3/c1-11-9-14(4-5-16-11)13-12(3-8-18-13)15(10-17-14)19-6-2-7-20-15/h3,8,11,16H,2,4-7,9-10H2,1H3/t11-,14+/m0/s1. The Labute approximate surface area is 133 Å². The fraction of sp³-hybridized carbons (Fsp3) is 0.733.